The fourth-order valence-electron chi connectivity index (χ4n) is 3.94. The van der Waals surface area contributed by atoms with Crippen molar-refractivity contribution in [3.05, 3.63) is 47.2 Å². The van der Waals surface area contributed by atoms with E-state index in [0.717, 1.165) is 29.0 Å². The molecule has 1 atom stereocenters. The Kier molecular flexibility index (Phi) is 12.1. The Morgan fingerprint density at radius 2 is 1.90 bits per heavy atom. The molecule has 0 aliphatic carbocycles. The number of nitrogens with one attached hydrogen (secondary N) is 1. The molecule has 10 heteroatoms. The van der Waals surface area contributed by atoms with Gasteiger partial charge in [-0.2, -0.15) is 0 Å². The third-order valence-electron chi connectivity index (χ3n) is 5.80. The second-order valence-electron chi connectivity index (χ2n) is 10.2. The summed E-state index contributed by atoms with van der Waals surface area (Å²) in [6, 6.07) is 9.47. The van der Waals surface area contributed by atoms with Gasteiger partial charge in [0.25, 0.3) is 0 Å². The number of pyridine rings is 1. The minimum Gasteiger partial charge on any atom is -0.507 e. The number of hydrogen-bond donors (Lipinski definition) is 2. The lowest BCUT2D eigenvalue weighted by Gasteiger charge is -2.23. The van der Waals surface area contributed by atoms with Crippen LogP contribution in [0.5, 0.6) is 17.4 Å². The molecular formula is C29H42N2O8. The molecule has 0 saturated carbocycles. The monoisotopic (exact) mass is 546 g/mol. The molecule has 1 aromatic carbocycles. The van der Waals surface area contributed by atoms with Crippen LogP contribution in [0, 0.1) is 0 Å². The number of amides is 1. The summed E-state index contributed by atoms with van der Waals surface area (Å²) in [4.78, 5) is 16.3. The van der Waals surface area contributed by atoms with Crippen LogP contribution in [0.2, 0.25) is 0 Å². The number of ether oxygens (including phenoxy) is 6. The summed E-state index contributed by atoms with van der Waals surface area (Å²) in [6.07, 6.45) is 1.52. The molecule has 2 N–H and O–H groups in total. The van der Waals surface area contributed by atoms with E-state index in [4.69, 9.17) is 28.4 Å². The molecule has 1 aromatic heterocycles. The highest BCUT2D eigenvalue weighted by atomic mass is 16.6. The number of hydrogen-bond acceptors (Lipinski definition) is 9. The Morgan fingerprint density at radius 3 is 2.59 bits per heavy atom. The maximum absolute atomic E-state index is 11.6. The first-order chi connectivity index (χ1) is 18.7. The van der Waals surface area contributed by atoms with Crippen molar-refractivity contribution in [3.8, 4) is 17.4 Å². The second-order valence-corrected chi connectivity index (χ2v) is 10.2. The number of aromatic nitrogens is 1. The average molecular weight is 547 g/mol. The molecule has 0 bridgehead atoms. The van der Waals surface area contributed by atoms with Crippen molar-refractivity contribution >= 4 is 6.09 Å². The molecule has 1 aliphatic rings. The topological polar surface area (TPSA) is 118 Å². The first-order valence-electron chi connectivity index (χ1n) is 13.5. The summed E-state index contributed by atoms with van der Waals surface area (Å²) >= 11 is 0. The van der Waals surface area contributed by atoms with Gasteiger partial charge in [-0.3, -0.25) is 0 Å². The van der Waals surface area contributed by atoms with Crippen molar-refractivity contribution in [1.82, 2.24) is 10.3 Å². The van der Waals surface area contributed by atoms with Crippen molar-refractivity contribution in [1.29, 1.82) is 0 Å². The Bertz CT molecular complexity index is 1020. The van der Waals surface area contributed by atoms with Crippen molar-refractivity contribution in [3.63, 3.8) is 0 Å². The van der Waals surface area contributed by atoms with Crippen LogP contribution >= 0.6 is 0 Å². The van der Waals surface area contributed by atoms with Gasteiger partial charge in [-0.25, -0.2) is 9.78 Å². The number of aromatic hydroxyl groups is 1. The smallest absolute Gasteiger partial charge is 0.407 e. The second kappa shape index (κ2) is 15.5. The fourth-order valence-corrected chi connectivity index (χ4v) is 3.94. The van der Waals surface area contributed by atoms with Crippen LogP contribution in [0.3, 0.4) is 0 Å². The van der Waals surface area contributed by atoms with Gasteiger partial charge in [0.2, 0.25) is 5.88 Å². The highest BCUT2D eigenvalue weighted by molar-refractivity contribution is 5.67. The highest BCUT2D eigenvalue weighted by Crippen LogP contribution is 2.27. The molecule has 216 valence electrons. The van der Waals surface area contributed by atoms with Gasteiger partial charge in [0.05, 0.1) is 38.7 Å². The molecule has 39 heavy (non-hydrogen) atoms. The highest BCUT2D eigenvalue weighted by Gasteiger charge is 2.18. The van der Waals surface area contributed by atoms with Crippen LogP contribution in [0.4, 0.5) is 4.79 Å². The summed E-state index contributed by atoms with van der Waals surface area (Å²) in [5, 5.41) is 13.2. The Labute approximate surface area is 230 Å². The van der Waals surface area contributed by atoms with Gasteiger partial charge in [-0.05, 0) is 57.7 Å². The van der Waals surface area contributed by atoms with Crippen molar-refractivity contribution < 1.29 is 38.3 Å². The quantitative estimate of drug-likeness (QED) is 0.341. The largest absolute Gasteiger partial charge is 0.507 e. The predicted molar refractivity (Wildman–Crippen MR) is 146 cm³/mol. The van der Waals surface area contributed by atoms with Crippen LogP contribution in [0.15, 0.2) is 30.3 Å². The van der Waals surface area contributed by atoms with E-state index in [0.29, 0.717) is 71.5 Å². The number of nitrogens with zero attached hydrogens (tertiary/aromatic N) is 1. The van der Waals surface area contributed by atoms with Crippen LogP contribution in [0.25, 0.3) is 0 Å². The van der Waals surface area contributed by atoms with Gasteiger partial charge in [0.1, 0.15) is 36.4 Å². The van der Waals surface area contributed by atoms with Crippen molar-refractivity contribution in [2.24, 2.45) is 0 Å². The Morgan fingerprint density at radius 1 is 1.10 bits per heavy atom. The average Bonchev–Trinajstić information content (AvgIpc) is 2.90. The summed E-state index contributed by atoms with van der Waals surface area (Å²) in [6.45, 7) is 11.0. The molecule has 3 rings (SSSR count). The lowest BCUT2D eigenvalue weighted by molar-refractivity contribution is -0.102. The van der Waals surface area contributed by atoms with Gasteiger partial charge in [0.15, 0.2) is 0 Å². The fraction of sp³-hybridized carbons (Fsp3) is 0.586. The SMILES string of the molecule is CCc1c(O)cc(OCC2COCCO2)nc1CCc1ccc(OCCOCCNC(=O)OC(C)(C)C)cc1. The summed E-state index contributed by atoms with van der Waals surface area (Å²) in [7, 11) is 0. The van der Waals surface area contributed by atoms with Crippen molar-refractivity contribution in [2.75, 3.05) is 52.8 Å². The molecule has 2 aromatic rings. The molecule has 1 saturated heterocycles. The van der Waals surface area contributed by atoms with E-state index in [-0.39, 0.29) is 11.9 Å². The Balaban J connectivity index is 1.38. The summed E-state index contributed by atoms with van der Waals surface area (Å²) in [5.74, 6) is 1.34. The van der Waals surface area contributed by atoms with Gasteiger partial charge >= 0.3 is 6.09 Å². The number of carbonyl (C=O) groups is 1. The third-order valence-corrected chi connectivity index (χ3v) is 5.80. The zero-order valence-electron chi connectivity index (χ0n) is 23.5. The number of alkyl carbamates (subject to hydrolysis) is 1. The van der Waals surface area contributed by atoms with Gasteiger partial charge in [0, 0.05) is 18.2 Å². The predicted octanol–water partition coefficient (Wildman–Crippen LogP) is 3.85. The van der Waals surface area contributed by atoms with E-state index < -0.39 is 11.7 Å². The summed E-state index contributed by atoms with van der Waals surface area (Å²) < 4.78 is 33.2. The zero-order valence-corrected chi connectivity index (χ0v) is 23.5. The minimum absolute atomic E-state index is 0.134. The van der Waals surface area contributed by atoms with Gasteiger partial charge in [-0.15, -0.1) is 0 Å². The first kappa shape index (κ1) is 30.5. The van der Waals surface area contributed by atoms with E-state index in [1.807, 2.05) is 52.0 Å². The number of rotatable bonds is 14. The third kappa shape index (κ3) is 11.3. The molecule has 0 spiro atoms. The lowest BCUT2D eigenvalue weighted by Crippen LogP contribution is -2.34. The van der Waals surface area contributed by atoms with E-state index >= 15 is 0 Å². The molecule has 1 unspecified atom stereocenters. The number of benzene rings is 1. The summed E-state index contributed by atoms with van der Waals surface area (Å²) in [5.41, 5.74) is 2.27. The maximum atomic E-state index is 11.6. The maximum Gasteiger partial charge on any atom is 0.407 e. The molecule has 1 amide bonds. The molecule has 1 fully saturated rings. The first-order valence-corrected chi connectivity index (χ1v) is 13.5. The zero-order chi connectivity index (χ0) is 28.1. The molecule has 10 nitrogen and oxygen atoms in total. The molecule has 0 radical (unpaired) electrons. The molecule has 1 aliphatic heterocycles. The van der Waals surface area contributed by atoms with Crippen molar-refractivity contribution in [2.45, 2.75) is 58.7 Å². The standard InChI is InChI=1S/C29H42N2O8/c1-5-24-25(31-27(18-26(24)32)38-20-23-19-35-15-17-37-23)11-8-21-6-9-22(10-7-21)36-16-14-34-13-12-30-28(33)39-29(2,3)4/h6-7,9-10,18,23H,5,8,11-17,19-20H2,1-4H3,(H,30,33)(H,31,32). The number of aryl methyl sites for hydroxylation is 2. The lowest BCUT2D eigenvalue weighted by atomic mass is 10.0. The van der Waals surface area contributed by atoms with Crippen LogP contribution < -0.4 is 14.8 Å². The molecular weight excluding hydrogens is 504 g/mol. The van der Waals surface area contributed by atoms with E-state index in [1.54, 1.807) is 6.07 Å². The molecule has 2 heterocycles. The van der Waals surface area contributed by atoms with E-state index in [1.165, 1.54) is 0 Å². The van der Waals surface area contributed by atoms with Gasteiger partial charge in [-0.1, -0.05) is 19.1 Å². The Hall–Kier alpha value is -3.08. The van der Waals surface area contributed by atoms with E-state index in [9.17, 15) is 9.90 Å². The van der Waals surface area contributed by atoms with Gasteiger partial charge < -0.3 is 38.8 Å². The van der Waals surface area contributed by atoms with Crippen LogP contribution in [-0.4, -0.2) is 80.7 Å². The minimum atomic E-state index is -0.521. The normalized spacial score (nSPS) is 15.5. The van der Waals surface area contributed by atoms with Crippen LogP contribution in [0.1, 0.15) is 44.5 Å². The van der Waals surface area contributed by atoms with E-state index in [2.05, 4.69) is 10.3 Å². The van der Waals surface area contributed by atoms with Crippen LogP contribution in [-0.2, 0) is 38.2 Å². The number of carbonyl (C=O) groups excluding carboxylic acids is 1.